The normalized spacial score (nSPS) is 17.3. The number of benzene rings is 1. The van der Waals surface area contributed by atoms with E-state index in [0.29, 0.717) is 0 Å². The Balaban J connectivity index is 2.20. The van der Waals surface area contributed by atoms with E-state index < -0.39 is 27.4 Å². The van der Waals surface area contributed by atoms with Crippen molar-refractivity contribution >= 4 is 21.9 Å². The van der Waals surface area contributed by atoms with Gasteiger partial charge in [0.05, 0.1) is 4.90 Å². The maximum Gasteiger partial charge on any atom is 0.329 e. The van der Waals surface area contributed by atoms with Gasteiger partial charge in [0.15, 0.2) is 0 Å². The van der Waals surface area contributed by atoms with E-state index in [-0.39, 0.29) is 42.6 Å². The third kappa shape index (κ3) is 4.05. The van der Waals surface area contributed by atoms with Crippen LogP contribution in [0.25, 0.3) is 0 Å². The molecule has 1 amide bonds. The van der Waals surface area contributed by atoms with Crippen LogP contribution in [-0.4, -0.2) is 61.5 Å². The van der Waals surface area contributed by atoms with Crippen molar-refractivity contribution in [2.45, 2.75) is 43.2 Å². The van der Waals surface area contributed by atoms with Crippen molar-refractivity contribution in [3.8, 4) is 0 Å². The molecule has 1 fully saturated rings. The van der Waals surface area contributed by atoms with Gasteiger partial charge in [-0.05, 0) is 38.1 Å². The van der Waals surface area contributed by atoms with Crippen LogP contribution in [0.15, 0.2) is 29.2 Å². The predicted molar refractivity (Wildman–Crippen MR) is 94.4 cm³/mol. The van der Waals surface area contributed by atoms with Crippen molar-refractivity contribution in [3.05, 3.63) is 29.8 Å². The van der Waals surface area contributed by atoms with E-state index >= 15 is 0 Å². The summed E-state index contributed by atoms with van der Waals surface area (Å²) in [6.45, 7) is 4.04. The molecule has 0 bridgehead atoms. The quantitative estimate of drug-likeness (QED) is 0.759. The number of carboxylic acids is 1. The van der Waals surface area contributed by atoms with Crippen LogP contribution in [-0.2, 0) is 19.6 Å². The smallest absolute Gasteiger partial charge is 0.329 e. The van der Waals surface area contributed by atoms with Crippen molar-refractivity contribution in [3.63, 3.8) is 0 Å². The molecule has 1 saturated heterocycles. The second kappa shape index (κ2) is 7.73. The number of carboxylic acid groups (broad SMARTS) is 1. The molecule has 1 aromatic carbocycles. The van der Waals surface area contributed by atoms with Gasteiger partial charge in [0.25, 0.3) is 5.91 Å². The zero-order valence-electron chi connectivity index (χ0n) is 15.1. The number of hydrogen-bond donors (Lipinski definition) is 2. The van der Waals surface area contributed by atoms with Crippen LogP contribution >= 0.6 is 0 Å². The van der Waals surface area contributed by atoms with Gasteiger partial charge < -0.3 is 15.2 Å². The van der Waals surface area contributed by atoms with Crippen LogP contribution in [0, 0.1) is 0 Å². The summed E-state index contributed by atoms with van der Waals surface area (Å²) in [5.74, 6) is -1.66. The number of nitrogens with one attached hydrogen (secondary N) is 1. The van der Waals surface area contributed by atoms with Crippen molar-refractivity contribution in [2.75, 3.05) is 20.3 Å². The second-order valence-corrected chi connectivity index (χ2v) is 8.59. The summed E-state index contributed by atoms with van der Waals surface area (Å²) in [7, 11) is -2.15. The lowest BCUT2D eigenvalue weighted by Crippen LogP contribution is -2.57. The highest BCUT2D eigenvalue weighted by Gasteiger charge is 2.41. The summed E-state index contributed by atoms with van der Waals surface area (Å²) in [4.78, 5) is 24.1. The molecule has 8 nitrogen and oxygen atoms in total. The Kier molecular flexibility index (Phi) is 6.05. The monoisotopic (exact) mass is 384 g/mol. The van der Waals surface area contributed by atoms with Gasteiger partial charge in [0, 0.05) is 44.7 Å². The predicted octanol–water partition coefficient (Wildman–Crippen LogP) is 1.08. The number of aliphatic carboxylic acids is 1. The third-order valence-electron chi connectivity index (χ3n) is 4.63. The highest BCUT2D eigenvalue weighted by Crippen LogP contribution is 2.22. The zero-order valence-corrected chi connectivity index (χ0v) is 15.9. The lowest BCUT2D eigenvalue weighted by Gasteiger charge is -2.33. The van der Waals surface area contributed by atoms with Gasteiger partial charge in [0.1, 0.15) is 5.54 Å². The van der Waals surface area contributed by atoms with Gasteiger partial charge in [-0.3, -0.25) is 4.79 Å². The summed E-state index contributed by atoms with van der Waals surface area (Å²) >= 11 is 0. The first kappa shape index (κ1) is 20.3. The number of rotatable bonds is 6. The van der Waals surface area contributed by atoms with Gasteiger partial charge in [0.2, 0.25) is 10.0 Å². The minimum atomic E-state index is -3.64. The number of carbonyl (C=O) groups excluding carboxylic acids is 1. The lowest BCUT2D eigenvalue weighted by molar-refractivity contribution is -0.148. The number of sulfonamides is 1. The number of hydrogen-bond acceptors (Lipinski definition) is 5. The molecule has 0 aromatic heterocycles. The van der Waals surface area contributed by atoms with Crippen LogP contribution in [0.5, 0.6) is 0 Å². The Labute approximate surface area is 153 Å². The fourth-order valence-electron chi connectivity index (χ4n) is 2.62. The van der Waals surface area contributed by atoms with Gasteiger partial charge in [-0.15, -0.1) is 0 Å². The molecule has 2 rings (SSSR count). The van der Waals surface area contributed by atoms with Crippen LogP contribution in [0.4, 0.5) is 0 Å². The molecule has 1 aromatic rings. The summed E-state index contributed by atoms with van der Waals surface area (Å²) < 4.78 is 31.3. The van der Waals surface area contributed by atoms with Crippen LogP contribution < -0.4 is 5.32 Å². The Morgan fingerprint density at radius 1 is 1.19 bits per heavy atom. The fourth-order valence-corrected chi connectivity index (χ4v) is 3.99. The van der Waals surface area contributed by atoms with Crippen molar-refractivity contribution in [1.82, 2.24) is 9.62 Å². The van der Waals surface area contributed by atoms with E-state index in [1.54, 1.807) is 13.8 Å². The van der Waals surface area contributed by atoms with E-state index in [1.807, 2.05) is 0 Å². The molecule has 1 aliphatic rings. The summed E-state index contributed by atoms with van der Waals surface area (Å²) in [6.07, 6.45) is 0.361. The molecule has 0 radical (unpaired) electrons. The Morgan fingerprint density at radius 2 is 1.73 bits per heavy atom. The molecule has 9 heteroatoms. The molecule has 144 valence electrons. The SMILES string of the molecule is CC(C)N(C)S(=O)(=O)c1ccc(C(=O)NC2(C(=O)O)CCOCC2)cc1. The molecule has 0 aliphatic carbocycles. The minimum Gasteiger partial charge on any atom is -0.480 e. The largest absolute Gasteiger partial charge is 0.480 e. The molecule has 1 aliphatic heterocycles. The molecule has 0 saturated carbocycles. The van der Waals surface area contributed by atoms with E-state index in [4.69, 9.17) is 4.74 Å². The van der Waals surface area contributed by atoms with Crippen molar-refractivity contribution < 1.29 is 27.9 Å². The summed E-state index contributed by atoms with van der Waals surface area (Å²) in [5, 5.41) is 12.1. The van der Waals surface area contributed by atoms with Crippen LogP contribution in [0.1, 0.15) is 37.0 Å². The molecule has 0 unspecified atom stereocenters. The number of amides is 1. The highest BCUT2D eigenvalue weighted by molar-refractivity contribution is 7.89. The van der Waals surface area contributed by atoms with Crippen molar-refractivity contribution in [2.24, 2.45) is 0 Å². The average molecular weight is 384 g/mol. The first-order valence-corrected chi connectivity index (χ1v) is 9.76. The molecular weight excluding hydrogens is 360 g/mol. The number of carbonyl (C=O) groups is 2. The zero-order chi connectivity index (χ0) is 19.5. The molecule has 1 heterocycles. The Morgan fingerprint density at radius 3 is 2.19 bits per heavy atom. The molecular formula is C17H24N2O6S. The van der Waals surface area contributed by atoms with Crippen LogP contribution in [0.3, 0.4) is 0 Å². The molecule has 26 heavy (non-hydrogen) atoms. The maximum atomic E-state index is 12.5. The maximum absolute atomic E-state index is 12.5. The minimum absolute atomic E-state index is 0.0734. The third-order valence-corrected chi connectivity index (χ3v) is 6.68. The van der Waals surface area contributed by atoms with E-state index in [1.165, 1.54) is 35.6 Å². The topological polar surface area (TPSA) is 113 Å². The fraction of sp³-hybridized carbons (Fsp3) is 0.529. The van der Waals surface area contributed by atoms with Gasteiger partial charge in [-0.25, -0.2) is 13.2 Å². The first-order valence-electron chi connectivity index (χ1n) is 8.32. The molecule has 0 spiro atoms. The Hall–Kier alpha value is -1.97. The van der Waals surface area contributed by atoms with E-state index in [9.17, 15) is 23.1 Å². The van der Waals surface area contributed by atoms with Gasteiger partial charge in [-0.2, -0.15) is 4.31 Å². The van der Waals surface area contributed by atoms with E-state index in [2.05, 4.69) is 5.32 Å². The Bertz CT molecular complexity index is 767. The summed E-state index contributed by atoms with van der Waals surface area (Å²) in [5.41, 5.74) is -1.17. The molecule has 2 N–H and O–H groups in total. The lowest BCUT2D eigenvalue weighted by atomic mass is 9.89. The number of ether oxygens (including phenoxy) is 1. The van der Waals surface area contributed by atoms with Gasteiger partial charge in [-0.1, -0.05) is 0 Å². The van der Waals surface area contributed by atoms with Crippen LogP contribution in [0.2, 0.25) is 0 Å². The average Bonchev–Trinajstić information content (AvgIpc) is 2.61. The van der Waals surface area contributed by atoms with Gasteiger partial charge >= 0.3 is 5.97 Å². The standard InChI is InChI=1S/C17H24N2O6S/c1-12(2)19(3)26(23,24)14-6-4-13(5-7-14)15(20)18-17(16(21)22)8-10-25-11-9-17/h4-7,12H,8-11H2,1-3H3,(H,18,20)(H,21,22). The van der Waals surface area contributed by atoms with E-state index in [0.717, 1.165) is 0 Å². The second-order valence-electron chi connectivity index (χ2n) is 6.59. The van der Waals surface area contributed by atoms with Crippen molar-refractivity contribution in [1.29, 1.82) is 0 Å². The first-order chi connectivity index (χ1) is 12.1. The summed E-state index contributed by atoms with van der Waals surface area (Å²) in [6, 6.07) is 5.25. The highest BCUT2D eigenvalue weighted by atomic mass is 32.2. The molecule has 0 atom stereocenters. The number of nitrogens with zero attached hydrogens (tertiary/aromatic N) is 1.